The quantitative estimate of drug-likeness (QED) is 0.884. The predicted octanol–water partition coefficient (Wildman–Crippen LogP) is 2.04. The summed E-state index contributed by atoms with van der Waals surface area (Å²) in [6.45, 7) is 7.19. The smallest absolute Gasteiger partial charge is 0.138 e. The largest absolute Gasteiger partial charge is 0.487 e. The molecule has 1 aromatic rings. The second-order valence-corrected chi connectivity index (χ2v) is 5.48. The van der Waals surface area contributed by atoms with Crippen molar-refractivity contribution in [3.8, 4) is 5.75 Å². The molecule has 4 nitrogen and oxygen atoms in total. The van der Waals surface area contributed by atoms with Crippen LogP contribution < -0.4 is 4.74 Å². The van der Waals surface area contributed by atoms with Crippen molar-refractivity contribution in [2.24, 2.45) is 0 Å². The summed E-state index contributed by atoms with van der Waals surface area (Å²) in [5, 5.41) is 8.98. The zero-order valence-corrected chi connectivity index (χ0v) is 11.9. The molecule has 0 bridgehead atoms. The van der Waals surface area contributed by atoms with Gasteiger partial charge in [-0.05, 0) is 37.4 Å². The van der Waals surface area contributed by atoms with E-state index in [0.717, 1.165) is 43.9 Å². The van der Waals surface area contributed by atoms with Gasteiger partial charge in [0.1, 0.15) is 11.9 Å². The Labute approximate surface area is 115 Å². The average molecular weight is 264 g/mol. The Kier molecular flexibility index (Phi) is 5.16. The minimum absolute atomic E-state index is 0.215. The molecule has 0 amide bonds. The van der Waals surface area contributed by atoms with Gasteiger partial charge in [0.2, 0.25) is 0 Å². The summed E-state index contributed by atoms with van der Waals surface area (Å²) < 4.78 is 5.98. The van der Waals surface area contributed by atoms with Gasteiger partial charge in [0.25, 0.3) is 0 Å². The number of aromatic nitrogens is 1. The number of rotatable bonds is 5. The summed E-state index contributed by atoms with van der Waals surface area (Å²) in [6.07, 6.45) is 4.24. The summed E-state index contributed by atoms with van der Waals surface area (Å²) in [7, 11) is 0. The molecule has 1 N–H and O–H groups in total. The van der Waals surface area contributed by atoms with E-state index < -0.39 is 0 Å². The molecule has 2 heterocycles. The zero-order chi connectivity index (χ0) is 13.7. The predicted molar refractivity (Wildman–Crippen MR) is 75.5 cm³/mol. The van der Waals surface area contributed by atoms with Crippen LogP contribution in [0.1, 0.15) is 38.3 Å². The van der Waals surface area contributed by atoms with Crippen LogP contribution in [0.15, 0.2) is 18.3 Å². The van der Waals surface area contributed by atoms with Crippen LogP contribution in [0.3, 0.4) is 0 Å². The molecule has 0 radical (unpaired) electrons. The summed E-state index contributed by atoms with van der Waals surface area (Å²) in [6, 6.07) is 4.04. The van der Waals surface area contributed by atoms with E-state index in [1.165, 1.54) is 0 Å². The van der Waals surface area contributed by atoms with Crippen molar-refractivity contribution < 1.29 is 9.84 Å². The Balaban J connectivity index is 1.89. The van der Waals surface area contributed by atoms with Gasteiger partial charge in [-0.1, -0.05) is 13.8 Å². The molecule has 19 heavy (non-hydrogen) atoms. The van der Waals surface area contributed by atoms with E-state index in [-0.39, 0.29) is 12.7 Å². The minimum atomic E-state index is 0.215. The van der Waals surface area contributed by atoms with E-state index in [0.29, 0.717) is 5.92 Å². The third-order valence-electron chi connectivity index (χ3n) is 3.53. The number of likely N-dealkylation sites (tertiary alicyclic amines) is 1. The van der Waals surface area contributed by atoms with Crippen LogP contribution in [0.5, 0.6) is 5.75 Å². The number of aliphatic hydroxyl groups is 1. The lowest BCUT2D eigenvalue weighted by molar-refractivity contribution is 0.0765. The molecule has 1 atom stereocenters. The highest BCUT2D eigenvalue weighted by molar-refractivity contribution is 5.21. The van der Waals surface area contributed by atoms with Gasteiger partial charge in [0.05, 0.1) is 12.8 Å². The van der Waals surface area contributed by atoms with Gasteiger partial charge in [-0.2, -0.15) is 0 Å². The topological polar surface area (TPSA) is 45.6 Å². The van der Waals surface area contributed by atoms with Crippen molar-refractivity contribution in [3.63, 3.8) is 0 Å². The number of nitrogens with zero attached hydrogens (tertiary/aromatic N) is 2. The Morgan fingerprint density at radius 2 is 2.32 bits per heavy atom. The van der Waals surface area contributed by atoms with E-state index in [9.17, 15) is 0 Å². The zero-order valence-electron chi connectivity index (χ0n) is 11.9. The maximum atomic E-state index is 8.98. The minimum Gasteiger partial charge on any atom is -0.487 e. The monoisotopic (exact) mass is 264 g/mol. The molecule has 1 unspecified atom stereocenters. The fraction of sp³-hybridized carbons (Fsp3) is 0.667. The molecule has 1 aromatic heterocycles. The molecular weight excluding hydrogens is 240 g/mol. The maximum absolute atomic E-state index is 8.98. The van der Waals surface area contributed by atoms with Crippen molar-refractivity contribution in [3.05, 3.63) is 24.0 Å². The molecular formula is C15H24N2O2. The lowest BCUT2D eigenvalue weighted by Gasteiger charge is -2.32. The number of ether oxygens (including phenoxy) is 1. The lowest BCUT2D eigenvalue weighted by atomic mass is 10.1. The molecule has 0 spiro atoms. The third kappa shape index (κ3) is 4.18. The summed E-state index contributed by atoms with van der Waals surface area (Å²) >= 11 is 0. The number of hydrogen-bond donors (Lipinski definition) is 1. The van der Waals surface area contributed by atoms with Crippen molar-refractivity contribution in [1.29, 1.82) is 0 Å². The van der Waals surface area contributed by atoms with Crippen LogP contribution in [0, 0.1) is 0 Å². The number of pyridine rings is 1. The van der Waals surface area contributed by atoms with Crippen LogP contribution in [-0.2, 0) is 0 Å². The molecule has 1 fully saturated rings. The Morgan fingerprint density at radius 3 is 2.95 bits per heavy atom. The highest BCUT2D eigenvalue weighted by Crippen LogP contribution is 2.19. The second-order valence-electron chi connectivity index (χ2n) is 5.48. The van der Waals surface area contributed by atoms with E-state index in [1.807, 2.05) is 18.3 Å². The first-order valence-electron chi connectivity index (χ1n) is 7.15. The van der Waals surface area contributed by atoms with Crippen LogP contribution in [0.4, 0.5) is 0 Å². The summed E-state index contributed by atoms with van der Waals surface area (Å²) in [5.74, 6) is 1.30. The first kappa shape index (κ1) is 14.3. The van der Waals surface area contributed by atoms with Gasteiger partial charge >= 0.3 is 0 Å². The van der Waals surface area contributed by atoms with Gasteiger partial charge in [-0.25, -0.2) is 0 Å². The van der Waals surface area contributed by atoms with E-state index in [1.54, 1.807) is 0 Å². The molecule has 0 saturated carbocycles. The molecule has 106 valence electrons. The first-order chi connectivity index (χ1) is 9.19. The number of hydrogen-bond acceptors (Lipinski definition) is 4. The molecule has 4 heteroatoms. The molecule has 2 rings (SSSR count). The van der Waals surface area contributed by atoms with Crippen LogP contribution in [-0.4, -0.2) is 47.3 Å². The molecule has 1 aliphatic rings. The van der Waals surface area contributed by atoms with Gasteiger partial charge in [0, 0.05) is 18.8 Å². The fourth-order valence-electron chi connectivity index (χ4n) is 2.45. The number of β-amino-alcohol motifs (C(OH)–C–C–N with tert-alkyl or cyclic N) is 1. The number of aliphatic hydroxyl groups excluding tert-OH is 1. The van der Waals surface area contributed by atoms with E-state index in [4.69, 9.17) is 9.84 Å². The Morgan fingerprint density at radius 1 is 1.47 bits per heavy atom. The fourth-order valence-corrected chi connectivity index (χ4v) is 2.45. The maximum Gasteiger partial charge on any atom is 0.138 e. The molecule has 1 saturated heterocycles. The average Bonchev–Trinajstić information content (AvgIpc) is 2.40. The van der Waals surface area contributed by atoms with Crippen LogP contribution >= 0.6 is 0 Å². The standard InChI is InChI=1S/C15H24N2O2/c1-12(2)15-6-5-13(10-16-15)19-14-4-3-7-17(11-14)8-9-18/h5-6,10,12,14,18H,3-4,7-9,11H2,1-2H3. The molecule has 0 aliphatic carbocycles. The molecule has 0 aromatic carbocycles. The molecule has 1 aliphatic heterocycles. The summed E-state index contributed by atoms with van der Waals surface area (Å²) in [4.78, 5) is 6.67. The van der Waals surface area contributed by atoms with Gasteiger partial charge in [-0.3, -0.25) is 9.88 Å². The second kappa shape index (κ2) is 6.87. The van der Waals surface area contributed by atoms with Crippen molar-refractivity contribution in [1.82, 2.24) is 9.88 Å². The normalized spacial score (nSPS) is 20.7. The van der Waals surface area contributed by atoms with Gasteiger partial charge in [-0.15, -0.1) is 0 Å². The first-order valence-corrected chi connectivity index (χ1v) is 7.15. The Bertz CT molecular complexity index is 376. The van der Waals surface area contributed by atoms with Crippen molar-refractivity contribution in [2.75, 3.05) is 26.2 Å². The highest BCUT2D eigenvalue weighted by Gasteiger charge is 2.20. The Hall–Kier alpha value is -1.13. The van der Waals surface area contributed by atoms with Gasteiger partial charge in [0.15, 0.2) is 0 Å². The van der Waals surface area contributed by atoms with Crippen molar-refractivity contribution in [2.45, 2.75) is 38.7 Å². The van der Waals surface area contributed by atoms with E-state index >= 15 is 0 Å². The van der Waals surface area contributed by atoms with Crippen LogP contribution in [0.2, 0.25) is 0 Å². The highest BCUT2D eigenvalue weighted by atomic mass is 16.5. The number of piperidine rings is 1. The third-order valence-corrected chi connectivity index (χ3v) is 3.53. The van der Waals surface area contributed by atoms with Gasteiger partial charge < -0.3 is 9.84 Å². The lowest BCUT2D eigenvalue weighted by Crippen LogP contribution is -2.42. The summed E-state index contributed by atoms with van der Waals surface area (Å²) in [5.41, 5.74) is 1.10. The van der Waals surface area contributed by atoms with Crippen LogP contribution in [0.25, 0.3) is 0 Å². The SMILES string of the molecule is CC(C)c1ccc(OC2CCCN(CCO)C2)cn1. The van der Waals surface area contributed by atoms with E-state index in [2.05, 4.69) is 23.7 Å². The van der Waals surface area contributed by atoms with Crippen molar-refractivity contribution >= 4 is 0 Å².